The van der Waals surface area contributed by atoms with E-state index in [4.69, 9.17) is 9.63 Å². The molecule has 0 spiro atoms. The molecule has 1 aromatic heterocycles. The summed E-state index contributed by atoms with van der Waals surface area (Å²) < 4.78 is 5.29. The lowest BCUT2D eigenvalue weighted by molar-refractivity contribution is 0.120. The number of aliphatic hydroxyl groups excluding tert-OH is 1. The van der Waals surface area contributed by atoms with E-state index in [2.05, 4.69) is 20.4 Å². The number of benzene rings is 1. The van der Waals surface area contributed by atoms with Crippen LogP contribution in [0.4, 0.5) is 4.79 Å². The highest BCUT2D eigenvalue weighted by atomic mass is 16.5. The SMILES string of the molecule is C[C@H](NC(=O)N1CCN(CCO)CC1)c1nc(-c2ccccc2)no1. The van der Waals surface area contributed by atoms with E-state index in [0.717, 1.165) is 18.7 Å². The van der Waals surface area contributed by atoms with Gasteiger partial charge >= 0.3 is 6.03 Å². The van der Waals surface area contributed by atoms with Crippen LogP contribution in [0.3, 0.4) is 0 Å². The maximum atomic E-state index is 12.4. The lowest BCUT2D eigenvalue weighted by atomic mass is 10.2. The number of nitrogens with zero attached hydrogens (tertiary/aromatic N) is 4. The average molecular weight is 345 g/mol. The maximum Gasteiger partial charge on any atom is 0.318 e. The topological polar surface area (TPSA) is 94.7 Å². The van der Waals surface area contributed by atoms with Crippen molar-refractivity contribution in [2.75, 3.05) is 39.3 Å². The van der Waals surface area contributed by atoms with Crippen molar-refractivity contribution < 1.29 is 14.4 Å². The number of carbonyl (C=O) groups is 1. The molecule has 2 N–H and O–H groups in total. The summed E-state index contributed by atoms with van der Waals surface area (Å²) in [4.78, 5) is 20.6. The zero-order chi connectivity index (χ0) is 17.6. The third-order valence-electron chi connectivity index (χ3n) is 4.26. The van der Waals surface area contributed by atoms with Gasteiger partial charge in [-0.3, -0.25) is 4.90 Å². The quantitative estimate of drug-likeness (QED) is 0.843. The maximum absolute atomic E-state index is 12.4. The molecule has 2 aromatic rings. The number of amides is 2. The molecule has 8 heteroatoms. The number of carbonyl (C=O) groups excluding carboxylic acids is 1. The van der Waals surface area contributed by atoms with E-state index in [-0.39, 0.29) is 18.7 Å². The second-order valence-electron chi connectivity index (χ2n) is 6.05. The molecule has 1 saturated heterocycles. The Labute approximate surface area is 146 Å². The Hall–Kier alpha value is -2.45. The van der Waals surface area contributed by atoms with Crippen molar-refractivity contribution in [3.63, 3.8) is 0 Å². The molecule has 0 bridgehead atoms. The minimum Gasteiger partial charge on any atom is -0.395 e. The first-order valence-electron chi connectivity index (χ1n) is 8.45. The highest BCUT2D eigenvalue weighted by molar-refractivity contribution is 5.74. The Bertz CT molecular complexity index is 683. The van der Waals surface area contributed by atoms with Crippen molar-refractivity contribution in [2.45, 2.75) is 13.0 Å². The molecule has 2 amide bonds. The number of β-amino-alcohol motifs (C(OH)–C–C–N with tert-alkyl or cyclic N) is 1. The summed E-state index contributed by atoms with van der Waals surface area (Å²) in [5.41, 5.74) is 0.871. The van der Waals surface area contributed by atoms with Gasteiger partial charge in [-0.25, -0.2) is 4.79 Å². The third kappa shape index (κ3) is 4.34. The van der Waals surface area contributed by atoms with Gasteiger partial charge in [0.1, 0.15) is 6.04 Å². The second-order valence-corrected chi connectivity index (χ2v) is 6.05. The van der Waals surface area contributed by atoms with Gasteiger partial charge in [0.05, 0.1) is 6.61 Å². The van der Waals surface area contributed by atoms with Crippen LogP contribution in [-0.2, 0) is 0 Å². The average Bonchev–Trinajstić information content (AvgIpc) is 3.13. The van der Waals surface area contributed by atoms with Crippen molar-refractivity contribution in [3.05, 3.63) is 36.2 Å². The normalized spacial score (nSPS) is 16.6. The van der Waals surface area contributed by atoms with Crippen LogP contribution >= 0.6 is 0 Å². The van der Waals surface area contributed by atoms with Gasteiger partial charge in [0.2, 0.25) is 11.7 Å². The number of aromatic nitrogens is 2. The van der Waals surface area contributed by atoms with Gasteiger partial charge in [-0.15, -0.1) is 0 Å². The van der Waals surface area contributed by atoms with Gasteiger partial charge in [0, 0.05) is 38.3 Å². The zero-order valence-electron chi connectivity index (χ0n) is 14.3. The molecule has 8 nitrogen and oxygen atoms in total. The van der Waals surface area contributed by atoms with E-state index in [1.165, 1.54) is 0 Å². The van der Waals surface area contributed by atoms with E-state index in [9.17, 15) is 4.79 Å². The number of hydrogen-bond acceptors (Lipinski definition) is 6. The fourth-order valence-electron chi connectivity index (χ4n) is 2.77. The molecule has 3 rings (SSSR count). The van der Waals surface area contributed by atoms with Gasteiger partial charge in [0.15, 0.2) is 0 Å². The van der Waals surface area contributed by atoms with Crippen LogP contribution in [0.2, 0.25) is 0 Å². The Balaban J connectivity index is 1.55. The van der Waals surface area contributed by atoms with Crippen molar-refractivity contribution in [3.8, 4) is 11.4 Å². The molecule has 1 atom stereocenters. The number of piperazine rings is 1. The van der Waals surface area contributed by atoms with Crippen molar-refractivity contribution in [1.82, 2.24) is 25.3 Å². The van der Waals surface area contributed by atoms with E-state index in [1.54, 1.807) is 4.90 Å². The molecule has 134 valence electrons. The Morgan fingerprint density at radius 1 is 1.28 bits per heavy atom. The van der Waals surface area contributed by atoms with Gasteiger partial charge in [-0.1, -0.05) is 35.5 Å². The summed E-state index contributed by atoms with van der Waals surface area (Å²) in [6.45, 7) is 5.42. The minimum absolute atomic E-state index is 0.143. The standard InChI is InChI=1S/C17H23N5O3/c1-13(16-19-15(20-25-16)14-5-3-2-4-6-14)18-17(24)22-9-7-21(8-10-22)11-12-23/h2-6,13,23H,7-12H2,1H3,(H,18,24)/t13-/m0/s1. The first-order chi connectivity index (χ1) is 12.2. The van der Waals surface area contributed by atoms with Crippen LogP contribution in [0, 0.1) is 0 Å². The molecule has 0 aliphatic carbocycles. The fourth-order valence-corrected chi connectivity index (χ4v) is 2.77. The van der Waals surface area contributed by atoms with Gasteiger partial charge in [-0.05, 0) is 6.92 Å². The molecule has 1 aliphatic rings. The molecule has 1 fully saturated rings. The fraction of sp³-hybridized carbons (Fsp3) is 0.471. The Morgan fingerprint density at radius 2 is 2.00 bits per heavy atom. The first-order valence-corrected chi connectivity index (χ1v) is 8.45. The van der Waals surface area contributed by atoms with Gasteiger partial charge in [0.25, 0.3) is 0 Å². The van der Waals surface area contributed by atoms with Gasteiger partial charge in [-0.2, -0.15) is 4.98 Å². The predicted molar refractivity (Wildman–Crippen MR) is 91.8 cm³/mol. The van der Waals surface area contributed by atoms with Crippen LogP contribution in [0.1, 0.15) is 18.9 Å². The molecule has 2 heterocycles. The van der Waals surface area contributed by atoms with Crippen LogP contribution in [-0.4, -0.2) is 70.4 Å². The lowest BCUT2D eigenvalue weighted by Gasteiger charge is -2.34. The molecule has 1 aliphatic heterocycles. The molecule has 1 aromatic carbocycles. The highest BCUT2D eigenvalue weighted by Gasteiger charge is 2.24. The zero-order valence-corrected chi connectivity index (χ0v) is 14.3. The van der Waals surface area contributed by atoms with Crippen LogP contribution < -0.4 is 5.32 Å². The molecular formula is C17H23N5O3. The summed E-state index contributed by atoms with van der Waals surface area (Å²) in [5.74, 6) is 0.889. The van der Waals surface area contributed by atoms with E-state index in [0.29, 0.717) is 31.3 Å². The summed E-state index contributed by atoms with van der Waals surface area (Å²) in [6.07, 6.45) is 0. The monoisotopic (exact) mass is 345 g/mol. The van der Waals surface area contributed by atoms with Crippen molar-refractivity contribution in [1.29, 1.82) is 0 Å². The number of urea groups is 1. The van der Waals surface area contributed by atoms with Crippen LogP contribution in [0.15, 0.2) is 34.9 Å². The predicted octanol–water partition coefficient (Wildman–Crippen LogP) is 1.12. The summed E-state index contributed by atoms with van der Waals surface area (Å²) in [7, 11) is 0. The summed E-state index contributed by atoms with van der Waals surface area (Å²) in [5, 5.41) is 15.8. The van der Waals surface area contributed by atoms with Crippen molar-refractivity contribution in [2.24, 2.45) is 0 Å². The van der Waals surface area contributed by atoms with E-state index >= 15 is 0 Å². The first kappa shape index (κ1) is 17.4. The van der Waals surface area contributed by atoms with E-state index < -0.39 is 0 Å². The molecular weight excluding hydrogens is 322 g/mol. The molecule has 0 radical (unpaired) electrons. The smallest absolute Gasteiger partial charge is 0.318 e. The second kappa shape index (κ2) is 8.09. The number of nitrogens with one attached hydrogen (secondary N) is 1. The number of hydrogen-bond donors (Lipinski definition) is 2. The summed E-state index contributed by atoms with van der Waals surface area (Å²) >= 11 is 0. The van der Waals surface area contributed by atoms with E-state index in [1.807, 2.05) is 37.3 Å². The lowest BCUT2D eigenvalue weighted by Crippen LogP contribution is -2.52. The minimum atomic E-state index is -0.368. The number of rotatable bonds is 5. The molecule has 0 unspecified atom stereocenters. The molecule has 25 heavy (non-hydrogen) atoms. The summed E-state index contributed by atoms with van der Waals surface area (Å²) in [6, 6.07) is 9.05. The molecule has 0 saturated carbocycles. The largest absolute Gasteiger partial charge is 0.395 e. The number of aliphatic hydroxyl groups is 1. The van der Waals surface area contributed by atoms with Crippen molar-refractivity contribution >= 4 is 6.03 Å². The Morgan fingerprint density at radius 3 is 2.68 bits per heavy atom. The van der Waals surface area contributed by atoms with Crippen LogP contribution in [0.25, 0.3) is 11.4 Å². The third-order valence-corrected chi connectivity index (χ3v) is 4.26. The van der Waals surface area contributed by atoms with Gasteiger partial charge < -0.3 is 19.8 Å². The highest BCUT2D eigenvalue weighted by Crippen LogP contribution is 2.18. The Kier molecular flexibility index (Phi) is 5.62. The van der Waals surface area contributed by atoms with Crippen LogP contribution in [0.5, 0.6) is 0 Å².